The molecular formula is C15H28N4O. The van der Waals surface area contributed by atoms with Crippen molar-refractivity contribution >= 4 is 5.95 Å². The predicted octanol–water partition coefficient (Wildman–Crippen LogP) is 2.80. The van der Waals surface area contributed by atoms with Crippen LogP contribution in [0.2, 0.25) is 0 Å². The molecular weight excluding hydrogens is 252 g/mol. The number of methoxy groups -OCH3 is 1. The molecule has 114 valence electrons. The van der Waals surface area contributed by atoms with Gasteiger partial charge in [-0.1, -0.05) is 26.7 Å². The summed E-state index contributed by atoms with van der Waals surface area (Å²) in [7, 11) is 1.61. The first-order valence-electron chi connectivity index (χ1n) is 7.63. The number of aromatic nitrogens is 2. The maximum atomic E-state index is 5.09. The van der Waals surface area contributed by atoms with E-state index in [1.165, 1.54) is 38.8 Å². The van der Waals surface area contributed by atoms with Crippen LogP contribution in [-0.2, 0) is 0 Å². The third-order valence-corrected chi connectivity index (χ3v) is 3.21. The van der Waals surface area contributed by atoms with Crippen molar-refractivity contribution in [3.8, 4) is 5.88 Å². The maximum Gasteiger partial charge on any atom is 0.225 e. The van der Waals surface area contributed by atoms with Crippen molar-refractivity contribution in [2.24, 2.45) is 0 Å². The Morgan fingerprint density at radius 3 is 2.45 bits per heavy atom. The van der Waals surface area contributed by atoms with Gasteiger partial charge in [0.2, 0.25) is 11.8 Å². The maximum absolute atomic E-state index is 5.09. The van der Waals surface area contributed by atoms with Crippen LogP contribution in [-0.4, -0.2) is 48.2 Å². The number of unbranched alkanes of at least 4 members (excludes halogenated alkanes) is 2. The Kier molecular flexibility index (Phi) is 8.71. The zero-order chi connectivity index (χ0) is 14.6. The molecule has 0 saturated carbocycles. The zero-order valence-corrected chi connectivity index (χ0v) is 13.1. The van der Waals surface area contributed by atoms with Crippen LogP contribution < -0.4 is 10.1 Å². The largest absolute Gasteiger partial charge is 0.481 e. The van der Waals surface area contributed by atoms with Crippen LogP contribution in [0.4, 0.5) is 5.95 Å². The van der Waals surface area contributed by atoms with Crippen LogP contribution in [0.1, 0.15) is 39.5 Å². The summed E-state index contributed by atoms with van der Waals surface area (Å²) in [6.45, 7) is 8.72. The summed E-state index contributed by atoms with van der Waals surface area (Å²) >= 11 is 0. The number of nitrogens with zero attached hydrogens (tertiary/aromatic N) is 3. The van der Waals surface area contributed by atoms with Gasteiger partial charge in [-0.2, -0.15) is 4.98 Å². The monoisotopic (exact) mass is 280 g/mol. The van der Waals surface area contributed by atoms with Gasteiger partial charge in [0, 0.05) is 25.4 Å². The van der Waals surface area contributed by atoms with E-state index in [1.807, 2.05) is 0 Å². The summed E-state index contributed by atoms with van der Waals surface area (Å²) in [5.74, 6) is 1.23. The van der Waals surface area contributed by atoms with E-state index in [9.17, 15) is 0 Å². The van der Waals surface area contributed by atoms with E-state index in [1.54, 1.807) is 19.4 Å². The highest BCUT2D eigenvalue weighted by Gasteiger charge is 2.04. The predicted molar refractivity (Wildman–Crippen MR) is 83.3 cm³/mol. The van der Waals surface area contributed by atoms with Crippen LogP contribution in [0, 0.1) is 0 Å². The molecule has 0 bridgehead atoms. The average Bonchev–Trinajstić information content (AvgIpc) is 2.49. The van der Waals surface area contributed by atoms with E-state index in [0.29, 0.717) is 11.8 Å². The fourth-order valence-corrected chi connectivity index (χ4v) is 1.97. The fraction of sp³-hybridized carbons (Fsp3) is 0.733. The number of ether oxygens (including phenoxy) is 1. The van der Waals surface area contributed by atoms with Gasteiger partial charge in [-0.05, 0) is 25.9 Å². The zero-order valence-electron chi connectivity index (χ0n) is 13.1. The molecule has 1 heterocycles. The summed E-state index contributed by atoms with van der Waals surface area (Å²) in [4.78, 5) is 11.0. The number of hydrogen-bond acceptors (Lipinski definition) is 5. The summed E-state index contributed by atoms with van der Waals surface area (Å²) < 4.78 is 5.09. The van der Waals surface area contributed by atoms with Crippen LogP contribution >= 0.6 is 0 Å². The SMILES string of the molecule is CCCCN(CCCC)CCNc1nccc(OC)n1. The molecule has 1 aromatic rings. The molecule has 5 nitrogen and oxygen atoms in total. The van der Waals surface area contributed by atoms with E-state index in [2.05, 4.69) is 34.0 Å². The lowest BCUT2D eigenvalue weighted by molar-refractivity contribution is 0.275. The Morgan fingerprint density at radius 2 is 1.85 bits per heavy atom. The lowest BCUT2D eigenvalue weighted by Crippen LogP contribution is -2.31. The Hall–Kier alpha value is -1.36. The highest BCUT2D eigenvalue weighted by atomic mass is 16.5. The Morgan fingerprint density at radius 1 is 1.15 bits per heavy atom. The van der Waals surface area contributed by atoms with Crippen LogP contribution in [0.15, 0.2) is 12.3 Å². The summed E-state index contributed by atoms with van der Waals surface area (Å²) in [6, 6.07) is 1.75. The van der Waals surface area contributed by atoms with Crippen molar-refractivity contribution in [3.05, 3.63) is 12.3 Å². The van der Waals surface area contributed by atoms with Crippen molar-refractivity contribution in [1.29, 1.82) is 0 Å². The molecule has 1 aromatic heterocycles. The average molecular weight is 280 g/mol. The van der Waals surface area contributed by atoms with Crippen molar-refractivity contribution in [2.75, 3.05) is 38.6 Å². The first kappa shape index (κ1) is 16.7. The molecule has 0 saturated heterocycles. The van der Waals surface area contributed by atoms with Gasteiger partial charge in [0.25, 0.3) is 0 Å². The molecule has 0 aliphatic rings. The molecule has 1 N–H and O–H groups in total. The van der Waals surface area contributed by atoms with E-state index in [4.69, 9.17) is 4.74 Å². The molecule has 0 amide bonds. The lowest BCUT2D eigenvalue weighted by Gasteiger charge is -2.22. The minimum Gasteiger partial charge on any atom is -0.481 e. The van der Waals surface area contributed by atoms with Gasteiger partial charge in [0.05, 0.1) is 7.11 Å². The van der Waals surface area contributed by atoms with E-state index in [0.717, 1.165) is 13.1 Å². The standard InChI is InChI=1S/C15H28N4O/c1-4-6-11-19(12-7-5-2)13-10-17-15-16-9-8-14(18-15)20-3/h8-9H,4-7,10-13H2,1-3H3,(H,16,17,18). The Bertz CT molecular complexity index is 351. The van der Waals surface area contributed by atoms with Crippen LogP contribution in [0.5, 0.6) is 5.88 Å². The first-order valence-corrected chi connectivity index (χ1v) is 7.63. The van der Waals surface area contributed by atoms with E-state index >= 15 is 0 Å². The smallest absolute Gasteiger partial charge is 0.225 e. The highest BCUT2D eigenvalue weighted by Crippen LogP contribution is 2.07. The molecule has 0 aliphatic heterocycles. The summed E-state index contributed by atoms with van der Waals surface area (Å²) in [5, 5.41) is 3.26. The molecule has 0 aromatic carbocycles. The topological polar surface area (TPSA) is 50.3 Å². The molecule has 0 atom stereocenters. The summed E-state index contributed by atoms with van der Waals surface area (Å²) in [5.41, 5.74) is 0. The molecule has 0 unspecified atom stereocenters. The van der Waals surface area contributed by atoms with Crippen LogP contribution in [0.3, 0.4) is 0 Å². The van der Waals surface area contributed by atoms with Crippen molar-refractivity contribution < 1.29 is 4.74 Å². The van der Waals surface area contributed by atoms with Gasteiger partial charge in [0.15, 0.2) is 0 Å². The molecule has 0 fully saturated rings. The van der Waals surface area contributed by atoms with Gasteiger partial charge in [-0.25, -0.2) is 4.98 Å². The first-order chi connectivity index (χ1) is 9.80. The molecule has 1 rings (SSSR count). The normalized spacial score (nSPS) is 10.8. The molecule has 0 aliphatic carbocycles. The lowest BCUT2D eigenvalue weighted by atomic mass is 10.2. The highest BCUT2D eigenvalue weighted by molar-refractivity contribution is 5.27. The van der Waals surface area contributed by atoms with Crippen molar-refractivity contribution in [3.63, 3.8) is 0 Å². The minimum absolute atomic E-state index is 0.594. The second-order valence-corrected chi connectivity index (χ2v) is 4.90. The third-order valence-electron chi connectivity index (χ3n) is 3.21. The quantitative estimate of drug-likeness (QED) is 0.675. The van der Waals surface area contributed by atoms with Gasteiger partial charge in [-0.15, -0.1) is 0 Å². The minimum atomic E-state index is 0.594. The number of rotatable bonds is 11. The molecule has 0 radical (unpaired) electrons. The van der Waals surface area contributed by atoms with E-state index < -0.39 is 0 Å². The van der Waals surface area contributed by atoms with Gasteiger partial charge >= 0.3 is 0 Å². The second-order valence-electron chi connectivity index (χ2n) is 4.90. The Balaban J connectivity index is 2.34. The molecule has 0 spiro atoms. The molecule has 20 heavy (non-hydrogen) atoms. The second kappa shape index (κ2) is 10.4. The van der Waals surface area contributed by atoms with Gasteiger partial charge in [-0.3, -0.25) is 0 Å². The number of nitrogens with one attached hydrogen (secondary N) is 1. The Labute approximate surface area is 122 Å². The van der Waals surface area contributed by atoms with E-state index in [-0.39, 0.29) is 0 Å². The number of hydrogen-bond donors (Lipinski definition) is 1. The van der Waals surface area contributed by atoms with Crippen LogP contribution in [0.25, 0.3) is 0 Å². The summed E-state index contributed by atoms with van der Waals surface area (Å²) in [6.07, 6.45) is 6.73. The van der Waals surface area contributed by atoms with Gasteiger partial charge < -0.3 is 15.0 Å². The number of anilines is 1. The van der Waals surface area contributed by atoms with Crippen molar-refractivity contribution in [2.45, 2.75) is 39.5 Å². The van der Waals surface area contributed by atoms with Gasteiger partial charge in [0.1, 0.15) is 0 Å². The fourth-order valence-electron chi connectivity index (χ4n) is 1.97. The van der Waals surface area contributed by atoms with Crippen molar-refractivity contribution in [1.82, 2.24) is 14.9 Å². The molecule has 5 heteroatoms. The third kappa shape index (κ3) is 6.70.